The fraction of sp³-hybridized carbons (Fsp3) is 1.00. The van der Waals surface area contributed by atoms with E-state index in [1.807, 2.05) is 13.8 Å². The maximum absolute atomic E-state index is 6.19. The summed E-state index contributed by atoms with van der Waals surface area (Å²) in [6.07, 6.45) is 4.34. The molecule has 0 spiro atoms. The lowest BCUT2D eigenvalue weighted by molar-refractivity contribution is -0.169. The molecule has 1 aliphatic rings. The maximum atomic E-state index is 6.19. The van der Waals surface area contributed by atoms with E-state index in [0.29, 0.717) is 26.4 Å². The Morgan fingerprint density at radius 2 is 1.69 bits per heavy atom. The van der Waals surface area contributed by atoms with Crippen molar-refractivity contribution in [3.05, 3.63) is 0 Å². The monoisotopic (exact) mass is 231 g/mol. The normalized spacial score (nSPS) is 19.5. The second-order valence-electron chi connectivity index (χ2n) is 4.42. The molecule has 0 unspecified atom stereocenters. The Bertz CT molecular complexity index is 175. The van der Waals surface area contributed by atoms with Crippen LogP contribution in [-0.4, -0.2) is 38.3 Å². The highest BCUT2D eigenvalue weighted by Crippen LogP contribution is 2.27. The van der Waals surface area contributed by atoms with E-state index in [0.717, 1.165) is 12.8 Å². The molecule has 0 aliphatic heterocycles. The molecule has 0 aromatic heterocycles. The Morgan fingerprint density at radius 1 is 1.12 bits per heavy atom. The molecule has 1 rings (SSSR count). The van der Waals surface area contributed by atoms with Gasteiger partial charge in [0.05, 0.1) is 13.2 Å². The number of nitrogens with two attached hydrogens (primary N) is 1. The molecule has 1 aliphatic carbocycles. The van der Waals surface area contributed by atoms with Crippen LogP contribution in [0.15, 0.2) is 0 Å². The molecule has 2 N–H and O–H groups in total. The molecule has 96 valence electrons. The third kappa shape index (κ3) is 4.78. The van der Waals surface area contributed by atoms with Crippen LogP contribution in [0.4, 0.5) is 0 Å². The van der Waals surface area contributed by atoms with Crippen LogP contribution >= 0.6 is 0 Å². The van der Waals surface area contributed by atoms with Gasteiger partial charge in [-0.05, 0) is 26.7 Å². The van der Waals surface area contributed by atoms with Crippen molar-refractivity contribution in [3.8, 4) is 0 Å². The highest BCUT2D eigenvalue weighted by atomic mass is 16.7. The molecule has 0 heterocycles. The van der Waals surface area contributed by atoms with Crippen LogP contribution in [0.3, 0.4) is 0 Å². The standard InChI is InChI=1S/C12H25NO3/c1-3-15-11(16-4-2)9-14-10-12(13)7-5-6-8-12/h11H,3-10,13H2,1-2H3. The molecule has 0 radical (unpaired) electrons. The molecule has 0 bridgehead atoms. The summed E-state index contributed by atoms with van der Waals surface area (Å²) in [4.78, 5) is 0. The van der Waals surface area contributed by atoms with Crippen LogP contribution in [-0.2, 0) is 14.2 Å². The summed E-state index contributed by atoms with van der Waals surface area (Å²) in [7, 11) is 0. The van der Waals surface area contributed by atoms with Gasteiger partial charge in [-0.15, -0.1) is 0 Å². The summed E-state index contributed by atoms with van der Waals surface area (Å²) >= 11 is 0. The van der Waals surface area contributed by atoms with E-state index in [-0.39, 0.29) is 11.8 Å². The molecule has 16 heavy (non-hydrogen) atoms. The van der Waals surface area contributed by atoms with Crippen molar-refractivity contribution in [1.29, 1.82) is 0 Å². The predicted molar refractivity (Wildman–Crippen MR) is 63.2 cm³/mol. The van der Waals surface area contributed by atoms with E-state index in [4.69, 9.17) is 19.9 Å². The molecule has 1 saturated carbocycles. The van der Waals surface area contributed by atoms with Gasteiger partial charge in [0.2, 0.25) is 0 Å². The van der Waals surface area contributed by atoms with Crippen LogP contribution in [0.1, 0.15) is 39.5 Å². The molecule has 0 aromatic rings. The van der Waals surface area contributed by atoms with Gasteiger partial charge < -0.3 is 19.9 Å². The molecular formula is C12H25NO3. The summed E-state index contributed by atoms with van der Waals surface area (Å²) < 4.78 is 16.4. The average molecular weight is 231 g/mol. The number of ether oxygens (including phenoxy) is 3. The SMILES string of the molecule is CCOC(COCC1(N)CCCC1)OCC. The Labute approximate surface area is 98.4 Å². The molecule has 1 fully saturated rings. The zero-order valence-electron chi connectivity index (χ0n) is 10.5. The fourth-order valence-corrected chi connectivity index (χ4v) is 2.10. The molecular weight excluding hydrogens is 206 g/mol. The van der Waals surface area contributed by atoms with E-state index in [1.165, 1.54) is 12.8 Å². The first kappa shape index (κ1) is 13.9. The van der Waals surface area contributed by atoms with E-state index in [2.05, 4.69) is 0 Å². The molecule has 4 heteroatoms. The Hall–Kier alpha value is -0.160. The largest absolute Gasteiger partial charge is 0.374 e. The Morgan fingerprint density at radius 3 is 2.19 bits per heavy atom. The van der Waals surface area contributed by atoms with Gasteiger partial charge in [0.15, 0.2) is 6.29 Å². The van der Waals surface area contributed by atoms with Gasteiger partial charge in [-0.1, -0.05) is 12.8 Å². The first-order valence-electron chi connectivity index (χ1n) is 6.30. The van der Waals surface area contributed by atoms with Crippen molar-refractivity contribution in [2.45, 2.75) is 51.4 Å². The first-order chi connectivity index (χ1) is 7.70. The third-order valence-electron chi connectivity index (χ3n) is 2.95. The molecule has 0 atom stereocenters. The van der Waals surface area contributed by atoms with Crippen molar-refractivity contribution in [3.63, 3.8) is 0 Å². The average Bonchev–Trinajstić information content (AvgIpc) is 2.66. The summed E-state index contributed by atoms with van der Waals surface area (Å²) in [6, 6.07) is 0. The van der Waals surface area contributed by atoms with Crippen molar-refractivity contribution in [2.75, 3.05) is 26.4 Å². The van der Waals surface area contributed by atoms with Gasteiger partial charge in [0.1, 0.15) is 0 Å². The molecule has 0 saturated heterocycles. The van der Waals surface area contributed by atoms with Crippen LogP contribution < -0.4 is 5.73 Å². The minimum atomic E-state index is -0.250. The van der Waals surface area contributed by atoms with E-state index in [1.54, 1.807) is 0 Å². The van der Waals surface area contributed by atoms with Crippen LogP contribution in [0.5, 0.6) is 0 Å². The van der Waals surface area contributed by atoms with E-state index >= 15 is 0 Å². The minimum absolute atomic E-state index is 0.108. The van der Waals surface area contributed by atoms with Crippen molar-refractivity contribution < 1.29 is 14.2 Å². The third-order valence-corrected chi connectivity index (χ3v) is 2.95. The van der Waals surface area contributed by atoms with Crippen molar-refractivity contribution in [1.82, 2.24) is 0 Å². The zero-order chi connectivity index (χ0) is 11.9. The lowest BCUT2D eigenvalue weighted by Gasteiger charge is -2.25. The van der Waals surface area contributed by atoms with Gasteiger partial charge in [-0.2, -0.15) is 0 Å². The van der Waals surface area contributed by atoms with Gasteiger partial charge in [0.25, 0.3) is 0 Å². The lowest BCUT2D eigenvalue weighted by Crippen LogP contribution is -2.42. The smallest absolute Gasteiger partial charge is 0.180 e. The molecule has 0 amide bonds. The van der Waals surface area contributed by atoms with Gasteiger partial charge >= 0.3 is 0 Å². The number of hydrogen-bond acceptors (Lipinski definition) is 4. The molecule has 4 nitrogen and oxygen atoms in total. The number of rotatable bonds is 8. The van der Waals surface area contributed by atoms with Gasteiger partial charge in [-0.25, -0.2) is 0 Å². The topological polar surface area (TPSA) is 53.7 Å². The Kier molecular flexibility index (Phi) is 6.28. The summed E-state index contributed by atoms with van der Waals surface area (Å²) in [6.45, 7) is 6.27. The van der Waals surface area contributed by atoms with Crippen LogP contribution in [0.25, 0.3) is 0 Å². The van der Waals surface area contributed by atoms with Crippen LogP contribution in [0.2, 0.25) is 0 Å². The van der Waals surface area contributed by atoms with E-state index < -0.39 is 0 Å². The predicted octanol–water partition coefficient (Wildman–Crippen LogP) is 1.67. The second-order valence-corrected chi connectivity index (χ2v) is 4.42. The lowest BCUT2D eigenvalue weighted by atomic mass is 10.0. The van der Waals surface area contributed by atoms with Gasteiger partial charge in [-0.3, -0.25) is 0 Å². The quantitative estimate of drug-likeness (QED) is 0.646. The maximum Gasteiger partial charge on any atom is 0.180 e. The fourth-order valence-electron chi connectivity index (χ4n) is 2.10. The molecule has 0 aromatic carbocycles. The second kappa shape index (κ2) is 7.22. The highest BCUT2D eigenvalue weighted by Gasteiger charge is 2.29. The van der Waals surface area contributed by atoms with Gasteiger partial charge in [0, 0.05) is 18.8 Å². The summed E-state index contributed by atoms with van der Waals surface area (Å²) in [5.41, 5.74) is 6.08. The van der Waals surface area contributed by atoms with E-state index in [9.17, 15) is 0 Å². The summed E-state index contributed by atoms with van der Waals surface area (Å²) in [5, 5.41) is 0. The first-order valence-corrected chi connectivity index (χ1v) is 6.30. The minimum Gasteiger partial charge on any atom is -0.374 e. The van der Waals surface area contributed by atoms with Crippen LogP contribution in [0, 0.1) is 0 Å². The van der Waals surface area contributed by atoms with Crippen molar-refractivity contribution >= 4 is 0 Å². The number of hydrogen-bond donors (Lipinski definition) is 1. The zero-order valence-corrected chi connectivity index (χ0v) is 10.5. The summed E-state index contributed by atoms with van der Waals surface area (Å²) in [5.74, 6) is 0. The Balaban J connectivity index is 2.16. The van der Waals surface area contributed by atoms with Crippen molar-refractivity contribution in [2.24, 2.45) is 5.73 Å². The highest BCUT2D eigenvalue weighted by molar-refractivity contribution is 4.88.